The maximum atomic E-state index is 8.66. The molecule has 0 saturated heterocycles. The predicted molar refractivity (Wildman–Crippen MR) is 42.0 cm³/mol. The molecule has 0 amide bonds. The van der Waals surface area contributed by atoms with E-state index in [1.54, 1.807) is 13.8 Å². The van der Waals surface area contributed by atoms with E-state index in [1.807, 2.05) is 0 Å². The maximum Gasteiger partial charge on any atom is 0.633 e. The first-order valence-electron chi connectivity index (χ1n) is 3.06. The molecule has 0 aromatic rings. The van der Waals surface area contributed by atoms with Crippen LogP contribution in [0.25, 0.3) is 0 Å². The van der Waals surface area contributed by atoms with Crippen LogP contribution in [0.2, 0.25) is 0 Å². The monoisotopic (exact) mass is 165 g/mol. The Morgan fingerprint density at radius 3 is 2.09 bits per heavy atom. The van der Waals surface area contributed by atoms with Crippen molar-refractivity contribution in [3.63, 3.8) is 0 Å². The number of hydrogen-bond acceptors (Lipinski definition) is 5. The summed E-state index contributed by atoms with van der Waals surface area (Å²) in [5.41, 5.74) is -0.413. The molecule has 0 aliphatic rings. The minimum Gasteiger partial charge on any atom is -0.402 e. The van der Waals surface area contributed by atoms with Gasteiger partial charge >= 0.3 is 7.32 Å². The van der Waals surface area contributed by atoms with E-state index in [-0.39, 0.29) is 19.4 Å². The van der Waals surface area contributed by atoms with Crippen molar-refractivity contribution in [2.75, 3.05) is 13.2 Å². The normalized spacial score (nSPS) is 10.6. The van der Waals surface area contributed by atoms with Gasteiger partial charge in [0.25, 0.3) is 0 Å². The Balaban J connectivity index is 0. The summed E-state index contributed by atoms with van der Waals surface area (Å²) in [6.07, 6.45) is 0. The number of aliphatic hydroxyl groups is 1. The van der Waals surface area contributed by atoms with Gasteiger partial charge in [0, 0.05) is 12.0 Å². The SMILES string of the molecule is CC(C)(CO)COB(O)O.N. The van der Waals surface area contributed by atoms with Gasteiger partial charge in [-0.3, -0.25) is 0 Å². The van der Waals surface area contributed by atoms with E-state index in [0.717, 1.165) is 0 Å². The highest BCUT2D eigenvalue weighted by molar-refractivity contribution is 6.32. The molecule has 0 unspecified atom stereocenters. The zero-order valence-corrected chi connectivity index (χ0v) is 6.95. The summed E-state index contributed by atoms with van der Waals surface area (Å²) in [7, 11) is -1.74. The van der Waals surface area contributed by atoms with Crippen molar-refractivity contribution in [1.82, 2.24) is 6.15 Å². The summed E-state index contributed by atoms with van der Waals surface area (Å²) < 4.78 is 4.45. The summed E-state index contributed by atoms with van der Waals surface area (Å²) in [5.74, 6) is 0. The third-order valence-electron chi connectivity index (χ3n) is 1.05. The van der Waals surface area contributed by atoms with Crippen LogP contribution >= 0.6 is 0 Å². The van der Waals surface area contributed by atoms with E-state index in [9.17, 15) is 0 Å². The lowest BCUT2D eigenvalue weighted by Crippen LogP contribution is -2.29. The van der Waals surface area contributed by atoms with E-state index in [0.29, 0.717) is 0 Å². The molecule has 0 bridgehead atoms. The van der Waals surface area contributed by atoms with Gasteiger partial charge in [-0.1, -0.05) is 13.8 Å². The highest BCUT2D eigenvalue weighted by Gasteiger charge is 2.20. The van der Waals surface area contributed by atoms with Gasteiger partial charge < -0.3 is 26.0 Å². The Morgan fingerprint density at radius 1 is 1.36 bits per heavy atom. The second-order valence-electron chi connectivity index (χ2n) is 2.96. The lowest BCUT2D eigenvalue weighted by Gasteiger charge is -2.20. The van der Waals surface area contributed by atoms with Crippen LogP contribution in [0.4, 0.5) is 0 Å². The molecule has 0 fully saturated rings. The van der Waals surface area contributed by atoms with Gasteiger partial charge in [0.1, 0.15) is 0 Å². The summed E-state index contributed by atoms with van der Waals surface area (Å²) in [5, 5.41) is 25.2. The van der Waals surface area contributed by atoms with Crippen LogP contribution in [-0.4, -0.2) is 35.7 Å². The molecule has 5 nitrogen and oxygen atoms in total. The molecule has 0 heterocycles. The van der Waals surface area contributed by atoms with Crippen LogP contribution in [0.3, 0.4) is 0 Å². The predicted octanol–water partition coefficient (Wildman–Crippen LogP) is -0.847. The molecule has 0 atom stereocenters. The van der Waals surface area contributed by atoms with Crippen molar-refractivity contribution >= 4 is 7.32 Å². The Kier molecular flexibility index (Phi) is 6.74. The Labute approximate surface area is 66.8 Å². The molecule has 0 aromatic heterocycles. The van der Waals surface area contributed by atoms with Crippen LogP contribution in [0.5, 0.6) is 0 Å². The lowest BCUT2D eigenvalue weighted by atomic mass is 9.96. The van der Waals surface area contributed by atoms with Crippen LogP contribution in [0.15, 0.2) is 0 Å². The lowest BCUT2D eigenvalue weighted by molar-refractivity contribution is 0.0687. The van der Waals surface area contributed by atoms with Crippen molar-refractivity contribution in [1.29, 1.82) is 0 Å². The standard InChI is InChI=1S/C5H13BO4.H3N/c1-5(2,3-7)4-10-6(8)9;/h7-9H,3-4H2,1-2H3;1H3. The van der Waals surface area contributed by atoms with E-state index in [4.69, 9.17) is 15.2 Å². The average Bonchev–Trinajstić information content (AvgIpc) is 1.85. The third kappa shape index (κ3) is 7.76. The highest BCUT2D eigenvalue weighted by atomic mass is 16.6. The fourth-order valence-electron chi connectivity index (χ4n) is 0.346. The van der Waals surface area contributed by atoms with Gasteiger partial charge in [0.15, 0.2) is 0 Å². The first-order valence-corrected chi connectivity index (χ1v) is 3.06. The quantitative estimate of drug-likeness (QED) is 0.406. The molecular formula is C5H16BNO4. The molecule has 0 radical (unpaired) electrons. The van der Waals surface area contributed by atoms with Gasteiger partial charge in [0.05, 0.1) is 6.61 Å². The van der Waals surface area contributed by atoms with Crippen LogP contribution in [0.1, 0.15) is 13.8 Å². The Morgan fingerprint density at radius 2 is 1.82 bits per heavy atom. The first kappa shape index (κ1) is 13.5. The molecule has 6 heteroatoms. The highest BCUT2D eigenvalue weighted by Crippen LogP contribution is 2.13. The number of rotatable bonds is 4. The first-order chi connectivity index (χ1) is 4.48. The Bertz CT molecular complexity index is 98.5. The molecule has 11 heavy (non-hydrogen) atoms. The zero-order chi connectivity index (χ0) is 8.20. The van der Waals surface area contributed by atoms with Gasteiger partial charge in [-0.15, -0.1) is 0 Å². The summed E-state index contributed by atoms with van der Waals surface area (Å²) >= 11 is 0. The second kappa shape index (κ2) is 5.51. The van der Waals surface area contributed by atoms with Crippen LogP contribution in [-0.2, 0) is 4.65 Å². The zero-order valence-electron chi connectivity index (χ0n) is 6.95. The van der Waals surface area contributed by atoms with E-state index in [2.05, 4.69) is 4.65 Å². The molecule has 68 valence electrons. The largest absolute Gasteiger partial charge is 0.633 e. The van der Waals surface area contributed by atoms with Crippen molar-refractivity contribution in [2.24, 2.45) is 5.41 Å². The van der Waals surface area contributed by atoms with Crippen molar-refractivity contribution in [3.05, 3.63) is 0 Å². The van der Waals surface area contributed by atoms with Crippen molar-refractivity contribution < 1.29 is 19.8 Å². The van der Waals surface area contributed by atoms with E-state index >= 15 is 0 Å². The van der Waals surface area contributed by atoms with Crippen molar-refractivity contribution in [3.8, 4) is 0 Å². The Hall–Kier alpha value is -0.135. The van der Waals surface area contributed by atoms with Gasteiger partial charge in [-0.25, -0.2) is 0 Å². The molecule has 0 spiro atoms. The fraction of sp³-hybridized carbons (Fsp3) is 1.00. The molecule has 0 aromatic carbocycles. The number of hydrogen-bond donors (Lipinski definition) is 4. The van der Waals surface area contributed by atoms with Gasteiger partial charge in [-0.05, 0) is 0 Å². The van der Waals surface area contributed by atoms with E-state index < -0.39 is 12.7 Å². The third-order valence-corrected chi connectivity index (χ3v) is 1.05. The summed E-state index contributed by atoms with van der Waals surface area (Å²) in [4.78, 5) is 0. The van der Waals surface area contributed by atoms with Crippen molar-refractivity contribution in [2.45, 2.75) is 13.8 Å². The minimum absolute atomic E-state index is 0. The molecular weight excluding hydrogens is 149 g/mol. The smallest absolute Gasteiger partial charge is 0.402 e. The number of aliphatic hydroxyl groups excluding tert-OH is 1. The molecule has 0 saturated carbocycles. The molecule has 6 N–H and O–H groups in total. The van der Waals surface area contributed by atoms with Crippen LogP contribution < -0.4 is 6.15 Å². The average molecular weight is 165 g/mol. The second-order valence-corrected chi connectivity index (χ2v) is 2.96. The van der Waals surface area contributed by atoms with Gasteiger partial charge in [0.2, 0.25) is 0 Å². The topological polar surface area (TPSA) is 105 Å². The molecule has 0 aliphatic heterocycles. The summed E-state index contributed by atoms with van der Waals surface area (Å²) in [6.45, 7) is 3.60. The minimum atomic E-state index is -1.74. The van der Waals surface area contributed by atoms with E-state index in [1.165, 1.54) is 0 Å². The molecule has 0 aliphatic carbocycles. The van der Waals surface area contributed by atoms with Gasteiger partial charge in [-0.2, -0.15) is 0 Å². The summed E-state index contributed by atoms with van der Waals surface area (Å²) in [6, 6.07) is 0. The fourth-order valence-corrected chi connectivity index (χ4v) is 0.346. The van der Waals surface area contributed by atoms with Crippen LogP contribution in [0, 0.1) is 5.41 Å². The molecule has 0 rings (SSSR count). The maximum absolute atomic E-state index is 8.66.